The van der Waals surface area contributed by atoms with E-state index in [1.165, 1.54) is 6.07 Å². The van der Waals surface area contributed by atoms with Crippen molar-refractivity contribution in [3.8, 4) is 11.3 Å². The third-order valence-electron chi connectivity index (χ3n) is 3.47. The minimum Gasteiger partial charge on any atom is -0.710 e. The molecule has 24 heavy (non-hydrogen) atoms. The molecule has 0 N–H and O–H groups in total. The number of alkyl halides is 5. The van der Waals surface area contributed by atoms with Crippen LogP contribution in [0.1, 0.15) is 16.2 Å². The van der Waals surface area contributed by atoms with E-state index >= 15 is 0 Å². The van der Waals surface area contributed by atoms with Crippen LogP contribution in [0.3, 0.4) is 0 Å². The number of hydrogen-bond donors (Lipinski definition) is 0. The van der Waals surface area contributed by atoms with Crippen LogP contribution in [0, 0.1) is 5.21 Å². The Labute approximate surface area is 144 Å². The van der Waals surface area contributed by atoms with Gasteiger partial charge in [-0.2, -0.15) is 13.2 Å². The van der Waals surface area contributed by atoms with Crippen molar-refractivity contribution in [1.82, 2.24) is 4.98 Å². The summed E-state index contributed by atoms with van der Waals surface area (Å²) in [6, 6.07) is 11.3. The molecule has 1 heterocycles. The van der Waals surface area contributed by atoms with Gasteiger partial charge in [0.25, 0.3) is 0 Å². The first-order chi connectivity index (χ1) is 11.3. The van der Waals surface area contributed by atoms with Crippen molar-refractivity contribution >= 4 is 34.1 Å². The number of aromatic nitrogens is 2. The molecule has 0 amide bonds. The number of benzene rings is 2. The number of hydrogen-bond acceptors (Lipinski definition) is 2. The molecule has 0 aliphatic heterocycles. The summed E-state index contributed by atoms with van der Waals surface area (Å²) < 4.78 is 39.4. The summed E-state index contributed by atoms with van der Waals surface area (Å²) in [4.78, 5) is 2.79. The highest BCUT2D eigenvalue weighted by atomic mass is 35.5. The topological polar surface area (TPSA) is 39.8 Å². The first-order valence-electron chi connectivity index (χ1n) is 6.77. The third-order valence-corrected chi connectivity index (χ3v) is 3.86. The average Bonchev–Trinajstić information content (AvgIpc) is 2.53. The van der Waals surface area contributed by atoms with E-state index < -0.39 is 16.6 Å². The average molecular weight is 373 g/mol. The molecule has 0 fully saturated rings. The number of halogens is 5. The summed E-state index contributed by atoms with van der Waals surface area (Å²) in [5.41, 5.74) is -0.201. The summed E-state index contributed by atoms with van der Waals surface area (Å²) in [5, 5.41) is 12.7. The van der Waals surface area contributed by atoms with Gasteiger partial charge in [0.1, 0.15) is 5.69 Å². The van der Waals surface area contributed by atoms with E-state index in [2.05, 4.69) is 4.98 Å². The smallest absolute Gasteiger partial charge is 0.416 e. The van der Waals surface area contributed by atoms with Gasteiger partial charge < -0.3 is 5.21 Å². The Balaban J connectivity index is 2.41. The maximum Gasteiger partial charge on any atom is 0.416 e. The lowest BCUT2D eigenvalue weighted by Crippen LogP contribution is -2.36. The largest absolute Gasteiger partial charge is 0.710 e. The molecule has 3 rings (SSSR count). The van der Waals surface area contributed by atoms with E-state index in [1.54, 1.807) is 30.3 Å². The van der Waals surface area contributed by atoms with E-state index in [4.69, 9.17) is 23.2 Å². The Morgan fingerprint density at radius 2 is 1.71 bits per heavy atom. The summed E-state index contributed by atoms with van der Waals surface area (Å²) in [5.74, 6) is -0.190. The van der Waals surface area contributed by atoms with Gasteiger partial charge in [-0.3, -0.25) is 0 Å². The highest BCUT2D eigenvalue weighted by molar-refractivity contribution is 6.43. The van der Waals surface area contributed by atoms with Crippen LogP contribution >= 0.6 is 23.2 Å². The van der Waals surface area contributed by atoms with Crippen molar-refractivity contribution in [3.05, 3.63) is 65.1 Å². The predicted octanol–water partition coefficient (Wildman–Crippen LogP) is 5.03. The lowest BCUT2D eigenvalue weighted by Gasteiger charge is -2.15. The fourth-order valence-corrected chi connectivity index (χ4v) is 2.67. The molecule has 2 aromatic carbocycles. The van der Waals surface area contributed by atoms with E-state index in [0.717, 1.165) is 12.1 Å². The van der Waals surface area contributed by atoms with Gasteiger partial charge in [-0.05, 0) is 23.2 Å². The highest BCUT2D eigenvalue weighted by Crippen LogP contribution is 2.34. The second kappa shape index (κ2) is 6.11. The summed E-state index contributed by atoms with van der Waals surface area (Å²) in [6.45, 7) is 0. The second-order valence-corrected chi connectivity index (χ2v) is 6.11. The van der Waals surface area contributed by atoms with Crippen LogP contribution in [-0.2, 0) is 6.18 Å². The monoisotopic (exact) mass is 372 g/mol. The van der Waals surface area contributed by atoms with Crippen molar-refractivity contribution in [3.63, 3.8) is 0 Å². The molecule has 3 aromatic rings. The third kappa shape index (κ3) is 2.99. The van der Waals surface area contributed by atoms with Crippen molar-refractivity contribution in [2.45, 2.75) is 11.0 Å². The Morgan fingerprint density at radius 1 is 1.04 bits per heavy atom. The molecule has 0 bridgehead atoms. The molecule has 0 aliphatic rings. The van der Waals surface area contributed by atoms with Gasteiger partial charge in [-0.15, -0.1) is 0 Å². The fourth-order valence-electron chi connectivity index (χ4n) is 2.40. The first kappa shape index (κ1) is 16.8. The molecule has 0 aliphatic carbocycles. The lowest BCUT2D eigenvalue weighted by atomic mass is 10.0. The Hall–Kier alpha value is -2.05. The number of rotatable bonds is 2. The maximum absolute atomic E-state index is 13.0. The molecule has 8 heteroatoms. The molecule has 3 nitrogen and oxygen atoms in total. The summed E-state index contributed by atoms with van der Waals surface area (Å²) in [6.07, 6.45) is -4.53. The summed E-state index contributed by atoms with van der Waals surface area (Å²) in [7, 11) is 0. The van der Waals surface area contributed by atoms with Gasteiger partial charge in [-0.1, -0.05) is 53.5 Å². The maximum atomic E-state index is 13.0. The zero-order chi connectivity index (χ0) is 17.5. The minimum absolute atomic E-state index is 0.0213. The van der Waals surface area contributed by atoms with Gasteiger partial charge in [-0.25, -0.2) is 4.73 Å². The van der Waals surface area contributed by atoms with E-state index in [-0.39, 0.29) is 22.4 Å². The molecule has 0 unspecified atom stereocenters. The molecule has 0 atom stereocenters. The van der Waals surface area contributed by atoms with Crippen molar-refractivity contribution in [2.24, 2.45) is 0 Å². The number of nitrogens with zero attached hydrogens (tertiary/aromatic N) is 2. The molecule has 1 aromatic heterocycles. The van der Waals surface area contributed by atoms with E-state index in [0.29, 0.717) is 10.3 Å². The summed E-state index contributed by atoms with van der Waals surface area (Å²) >= 11 is 11.5. The zero-order valence-corrected chi connectivity index (χ0v) is 13.4. The fraction of sp³-hybridized carbons (Fsp3) is 0.125. The Kier molecular flexibility index (Phi) is 4.27. The standard InChI is InChI=1S/C16H9Cl2F3N2O/c17-14(18)15-22-12-7-6-10(16(19,20)21)8-11(12)13(23(15)24)9-4-2-1-3-5-9/h1-8,14H. The van der Waals surface area contributed by atoms with Crippen molar-refractivity contribution in [1.29, 1.82) is 0 Å². The van der Waals surface area contributed by atoms with Crippen LogP contribution in [0.2, 0.25) is 0 Å². The Bertz CT molecular complexity index is 899. The van der Waals surface area contributed by atoms with Crippen molar-refractivity contribution < 1.29 is 17.9 Å². The Morgan fingerprint density at radius 3 is 2.29 bits per heavy atom. The molecule has 0 saturated heterocycles. The van der Waals surface area contributed by atoms with Crippen LogP contribution in [0.4, 0.5) is 13.2 Å². The first-order valence-corrected chi connectivity index (χ1v) is 7.64. The van der Waals surface area contributed by atoms with Gasteiger partial charge in [0.15, 0.2) is 5.52 Å². The quantitative estimate of drug-likeness (QED) is 0.359. The van der Waals surface area contributed by atoms with Crippen LogP contribution in [-0.4, -0.2) is 4.98 Å². The second-order valence-electron chi connectivity index (χ2n) is 5.01. The molecular formula is C16H9Cl2F3N2O. The van der Waals surface area contributed by atoms with Crippen LogP contribution < -0.4 is 4.73 Å². The SMILES string of the molecule is [O-][n+]1c(C(Cl)Cl)nc2ccc(C(F)(F)F)cc2c1-c1ccccc1. The van der Waals surface area contributed by atoms with Gasteiger partial charge in [0.05, 0.1) is 10.9 Å². The highest BCUT2D eigenvalue weighted by Gasteiger charge is 2.32. The lowest BCUT2D eigenvalue weighted by molar-refractivity contribution is -0.603. The molecule has 0 spiro atoms. The van der Waals surface area contributed by atoms with E-state index in [1.807, 2.05) is 0 Å². The van der Waals surface area contributed by atoms with Crippen molar-refractivity contribution in [2.75, 3.05) is 0 Å². The van der Waals surface area contributed by atoms with Gasteiger partial charge in [0.2, 0.25) is 4.84 Å². The molecular weight excluding hydrogens is 364 g/mol. The van der Waals surface area contributed by atoms with Gasteiger partial charge in [0, 0.05) is 5.56 Å². The predicted molar refractivity (Wildman–Crippen MR) is 85.6 cm³/mol. The van der Waals surface area contributed by atoms with Gasteiger partial charge >= 0.3 is 12.0 Å². The van der Waals surface area contributed by atoms with E-state index in [9.17, 15) is 18.4 Å². The minimum atomic E-state index is -4.53. The molecule has 124 valence electrons. The van der Waals surface area contributed by atoms with Crippen LogP contribution in [0.25, 0.3) is 22.2 Å². The zero-order valence-electron chi connectivity index (χ0n) is 11.9. The number of fused-ring (bicyclic) bond motifs is 1. The molecule has 0 saturated carbocycles. The van der Waals surface area contributed by atoms with Crippen LogP contribution in [0.15, 0.2) is 48.5 Å². The van der Waals surface area contributed by atoms with Crippen LogP contribution in [0.5, 0.6) is 0 Å². The molecule has 0 radical (unpaired) electrons. The normalized spacial score (nSPS) is 12.1.